The zero-order valence-corrected chi connectivity index (χ0v) is 11.2. The summed E-state index contributed by atoms with van der Waals surface area (Å²) in [5.74, 6) is 0.898. The molecular weight excluding hydrogens is 248 g/mol. The SMILES string of the molecule is CCCN1C(=O)CC(NCCc2nc(C)no2)C1=O. The number of rotatable bonds is 6. The Kier molecular flexibility index (Phi) is 4.26. The van der Waals surface area contributed by atoms with E-state index in [0.717, 1.165) is 6.42 Å². The Morgan fingerprint density at radius 1 is 1.47 bits per heavy atom. The van der Waals surface area contributed by atoms with Crippen molar-refractivity contribution in [2.75, 3.05) is 13.1 Å². The van der Waals surface area contributed by atoms with Gasteiger partial charge in [0.05, 0.1) is 12.5 Å². The van der Waals surface area contributed by atoms with Crippen LogP contribution >= 0.6 is 0 Å². The predicted octanol–water partition coefficient (Wildman–Crippen LogP) is 0.0476. The molecule has 0 aromatic carbocycles. The molecule has 1 fully saturated rings. The summed E-state index contributed by atoms with van der Waals surface area (Å²) in [4.78, 5) is 29.0. The first-order chi connectivity index (χ1) is 9.11. The first-order valence-corrected chi connectivity index (χ1v) is 6.48. The molecule has 1 aliphatic heterocycles. The van der Waals surface area contributed by atoms with Gasteiger partial charge in [-0.3, -0.25) is 14.5 Å². The third-order valence-corrected chi connectivity index (χ3v) is 2.99. The van der Waals surface area contributed by atoms with Gasteiger partial charge in [0.1, 0.15) is 0 Å². The summed E-state index contributed by atoms with van der Waals surface area (Å²) in [7, 11) is 0. The van der Waals surface area contributed by atoms with Crippen molar-refractivity contribution in [2.45, 2.75) is 39.2 Å². The van der Waals surface area contributed by atoms with E-state index in [4.69, 9.17) is 4.52 Å². The van der Waals surface area contributed by atoms with Gasteiger partial charge in [0, 0.05) is 19.5 Å². The number of carbonyl (C=O) groups excluding carboxylic acids is 2. The molecule has 104 valence electrons. The van der Waals surface area contributed by atoms with Gasteiger partial charge in [-0.1, -0.05) is 12.1 Å². The molecule has 0 saturated carbocycles. The van der Waals surface area contributed by atoms with Crippen molar-refractivity contribution < 1.29 is 14.1 Å². The van der Waals surface area contributed by atoms with E-state index in [1.165, 1.54) is 4.90 Å². The summed E-state index contributed by atoms with van der Waals surface area (Å²) in [6.45, 7) is 4.73. The maximum atomic E-state index is 11.9. The minimum Gasteiger partial charge on any atom is -0.339 e. The van der Waals surface area contributed by atoms with Gasteiger partial charge in [-0.2, -0.15) is 4.98 Å². The van der Waals surface area contributed by atoms with Gasteiger partial charge in [-0.25, -0.2) is 0 Å². The number of carbonyl (C=O) groups is 2. The zero-order valence-electron chi connectivity index (χ0n) is 11.2. The summed E-state index contributed by atoms with van der Waals surface area (Å²) < 4.78 is 4.97. The van der Waals surface area contributed by atoms with Gasteiger partial charge >= 0.3 is 0 Å². The molecule has 1 unspecified atom stereocenters. The van der Waals surface area contributed by atoms with E-state index in [1.807, 2.05) is 6.92 Å². The topological polar surface area (TPSA) is 88.3 Å². The lowest BCUT2D eigenvalue weighted by molar-refractivity contribution is -0.138. The molecule has 1 aliphatic rings. The molecule has 2 heterocycles. The first-order valence-electron chi connectivity index (χ1n) is 6.48. The normalized spacial score (nSPS) is 19.5. The zero-order chi connectivity index (χ0) is 13.8. The van der Waals surface area contributed by atoms with Crippen molar-refractivity contribution in [2.24, 2.45) is 0 Å². The lowest BCUT2D eigenvalue weighted by Gasteiger charge is -2.13. The lowest BCUT2D eigenvalue weighted by Crippen LogP contribution is -2.39. The second-order valence-corrected chi connectivity index (χ2v) is 4.58. The van der Waals surface area contributed by atoms with Crippen LogP contribution in [0.15, 0.2) is 4.52 Å². The van der Waals surface area contributed by atoms with E-state index in [9.17, 15) is 9.59 Å². The standard InChI is InChI=1S/C12H18N4O3/c1-3-6-16-11(17)7-9(12(16)18)13-5-4-10-14-8(2)15-19-10/h9,13H,3-7H2,1-2H3. The van der Waals surface area contributed by atoms with Crippen LogP contribution in [0.2, 0.25) is 0 Å². The number of aromatic nitrogens is 2. The first kappa shape index (κ1) is 13.7. The highest BCUT2D eigenvalue weighted by atomic mass is 16.5. The number of hydrogen-bond acceptors (Lipinski definition) is 6. The van der Waals surface area contributed by atoms with E-state index in [0.29, 0.717) is 31.2 Å². The molecule has 19 heavy (non-hydrogen) atoms. The maximum Gasteiger partial charge on any atom is 0.246 e. The van der Waals surface area contributed by atoms with Crippen molar-refractivity contribution in [3.63, 3.8) is 0 Å². The van der Waals surface area contributed by atoms with Crippen LogP contribution in [0.3, 0.4) is 0 Å². The molecule has 0 bridgehead atoms. The number of imide groups is 1. The highest BCUT2D eigenvalue weighted by Crippen LogP contribution is 2.13. The van der Waals surface area contributed by atoms with E-state index < -0.39 is 6.04 Å². The highest BCUT2D eigenvalue weighted by molar-refractivity contribution is 6.05. The van der Waals surface area contributed by atoms with Crippen molar-refractivity contribution in [3.8, 4) is 0 Å². The number of amides is 2. The third kappa shape index (κ3) is 3.17. The maximum absolute atomic E-state index is 11.9. The van der Waals surface area contributed by atoms with Crippen LogP contribution in [0.5, 0.6) is 0 Å². The summed E-state index contributed by atoms with van der Waals surface area (Å²) in [6.07, 6.45) is 1.57. The van der Waals surface area contributed by atoms with E-state index >= 15 is 0 Å². The largest absolute Gasteiger partial charge is 0.339 e. The molecular formula is C12H18N4O3. The summed E-state index contributed by atoms with van der Waals surface area (Å²) in [6, 6.07) is -0.414. The molecule has 1 aromatic heterocycles. The molecule has 2 rings (SSSR count). The Balaban J connectivity index is 1.80. The molecule has 2 amide bonds. The fourth-order valence-corrected chi connectivity index (χ4v) is 2.10. The van der Waals surface area contributed by atoms with Crippen LogP contribution in [0.4, 0.5) is 0 Å². The predicted molar refractivity (Wildman–Crippen MR) is 66.2 cm³/mol. The Labute approximate surface area is 111 Å². The molecule has 1 saturated heterocycles. The average molecular weight is 266 g/mol. The Morgan fingerprint density at radius 3 is 2.89 bits per heavy atom. The van der Waals surface area contributed by atoms with Crippen LogP contribution < -0.4 is 5.32 Å². The molecule has 0 radical (unpaired) electrons. The Bertz CT molecular complexity index is 471. The number of likely N-dealkylation sites (tertiary alicyclic amines) is 1. The fraction of sp³-hybridized carbons (Fsp3) is 0.667. The molecule has 1 atom stereocenters. The molecule has 0 spiro atoms. The van der Waals surface area contributed by atoms with E-state index in [-0.39, 0.29) is 18.2 Å². The number of aryl methyl sites for hydroxylation is 1. The third-order valence-electron chi connectivity index (χ3n) is 2.99. The molecule has 1 aromatic rings. The molecule has 0 aliphatic carbocycles. The van der Waals surface area contributed by atoms with Crippen LogP contribution in [0.25, 0.3) is 0 Å². The second kappa shape index (κ2) is 5.92. The molecule has 7 heteroatoms. The van der Waals surface area contributed by atoms with E-state index in [2.05, 4.69) is 15.5 Å². The van der Waals surface area contributed by atoms with Gasteiger partial charge in [0.25, 0.3) is 0 Å². The van der Waals surface area contributed by atoms with Crippen molar-refractivity contribution in [1.29, 1.82) is 0 Å². The van der Waals surface area contributed by atoms with Gasteiger partial charge in [0.15, 0.2) is 5.82 Å². The van der Waals surface area contributed by atoms with Gasteiger partial charge in [0.2, 0.25) is 17.7 Å². The smallest absolute Gasteiger partial charge is 0.246 e. The van der Waals surface area contributed by atoms with Crippen LogP contribution in [-0.4, -0.2) is 46.0 Å². The lowest BCUT2D eigenvalue weighted by atomic mass is 10.2. The van der Waals surface area contributed by atoms with Crippen molar-refractivity contribution >= 4 is 11.8 Å². The number of hydrogen-bond donors (Lipinski definition) is 1. The van der Waals surface area contributed by atoms with Crippen LogP contribution in [0, 0.1) is 6.92 Å². The molecule has 1 N–H and O–H groups in total. The second-order valence-electron chi connectivity index (χ2n) is 4.58. The summed E-state index contributed by atoms with van der Waals surface area (Å²) in [5.41, 5.74) is 0. The van der Waals surface area contributed by atoms with Gasteiger partial charge < -0.3 is 9.84 Å². The fourth-order valence-electron chi connectivity index (χ4n) is 2.10. The Hall–Kier alpha value is -1.76. The number of nitrogens with zero attached hydrogens (tertiary/aromatic N) is 3. The van der Waals surface area contributed by atoms with Gasteiger partial charge in [-0.05, 0) is 13.3 Å². The van der Waals surface area contributed by atoms with Crippen molar-refractivity contribution in [3.05, 3.63) is 11.7 Å². The van der Waals surface area contributed by atoms with Gasteiger partial charge in [-0.15, -0.1) is 0 Å². The number of nitrogens with one attached hydrogen (secondary N) is 1. The molecule has 7 nitrogen and oxygen atoms in total. The minimum absolute atomic E-state index is 0.0991. The van der Waals surface area contributed by atoms with E-state index in [1.54, 1.807) is 6.92 Å². The highest BCUT2D eigenvalue weighted by Gasteiger charge is 2.37. The van der Waals surface area contributed by atoms with Crippen LogP contribution in [-0.2, 0) is 16.0 Å². The quantitative estimate of drug-likeness (QED) is 0.732. The van der Waals surface area contributed by atoms with Crippen molar-refractivity contribution in [1.82, 2.24) is 20.4 Å². The minimum atomic E-state index is -0.414. The summed E-state index contributed by atoms with van der Waals surface area (Å²) >= 11 is 0. The Morgan fingerprint density at radius 2 is 2.26 bits per heavy atom. The average Bonchev–Trinajstić information content (AvgIpc) is 2.89. The van der Waals surface area contributed by atoms with Crippen LogP contribution in [0.1, 0.15) is 31.5 Å². The summed E-state index contributed by atoms with van der Waals surface area (Å²) in [5, 5.41) is 6.76. The monoisotopic (exact) mass is 266 g/mol.